The largest absolute Gasteiger partial charge is 0.390 e. The van der Waals surface area contributed by atoms with Crippen molar-refractivity contribution in [3.05, 3.63) is 0 Å². The fraction of sp³-hybridized carbons (Fsp3) is 0.917. The van der Waals surface area contributed by atoms with Gasteiger partial charge in [-0.15, -0.1) is 0 Å². The standard InChI is InChI=1S/C12H23NO4/c1-3-4-5-13-12(17)8-6-7(2)9(14)11(16)10(8)15/h7-11,14-16H,3-6H2,1-2H3,(H,13,17)/t7-,8?,9-,10-,11+/m0/s1. The molecule has 0 heterocycles. The van der Waals surface area contributed by atoms with Crippen LogP contribution in [0.15, 0.2) is 0 Å². The summed E-state index contributed by atoms with van der Waals surface area (Å²) < 4.78 is 0. The Hall–Kier alpha value is -0.650. The number of amides is 1. The predicted octanol–water partition coefficient (Wildman–Crippen LogP) is -0.359. The van der Waals surface area contributed by atoms with E-state index in [2.05, 4.69) is 5.32 Å². The molecule has 0 aromatic heterocycles. The number of rotatable bonds is 4. The second-order valence-electron chi connectivity index (χ2n) is 4.94. The third-order valence-corrected chi connectivity index (χ3v) is 3.49. The lowest BCUT2D eigenvalue weighted by atomic mass is 9.76. The van der Waals surface area contributed by atoms with Gasteiger partial charge in [-0.25, -0.2) is 0 Å². The van der Waals surface area contributed by atoms with E-state index in [1.54, 1.807) is 6.92 Å². The number of hydrogen-bond donors (Lipinski definition) is 4. The van der Waals surface area contributed by atoms with Crippen molar-refractivity contribution in [1.82, 2.24) is 5.32 Å². The molecule has 0 aromatic carbocycles. The molecule has 0 saturated heterocycles. The van der Waals surface area contributed by atoms with Crippen molar-refractivity contribution in [2.45, 2.75) is 51.4 Å². The third-order valence-electron chi connectivity index (χ3n) is 3.49. The van der Waals surface area contributed by atoms with Crippen molar-refractivity contribution in [3.8, 4) is 0 Å². The lowest BCUT2D eigenvalue weighted by Gasteiger charge is -2.38. The summed E-state index contributed by atoms with van der Waals surface area (Å²) in [5.74, 6) is -1.04. The maximum Gasteiger partial charge on any atom is 0.225 e. The lowest BCUT2D eigenvalue weighted by molar-refractivity contribution is -0.153. The molecule has 1 unspecified atom stereocenters. The van der Waals surface area contributed by atoms with Gasteiger partial charge in [-0.1, -0.05) is 20.3 Å². The highest BCUT2D eigenvalue weighted by Gasteiger charge is 2.43. The van der Waals surface area contributed by atoms with E-state index in [0.29, 0.717) is 13.0 Å². The number of carbonyl (C=O) groups excluding carboxylic acids is 1. The lowest BCUT2D eigenvalue weighted by Crippen LogP contribution is -2.54. The molecule has 5 nitrogen and oxygen atoms in total. The Bertz CT molecular complexity index is 259. The van der Waals surface area contributed by atoms with E-state index in [4.69, 9.17) is 0 Å². The van der Waals surface area contributed by atoms with E-state index in [-0.39, 0.29) is 11.8 Å². The van der Waals surface area contributed by atoms with Gasteiger partial charge in [0.15, 0.2) is 0 Å². The van der Waals surface area contributed by atoms with Crippen LogP contribution in [0.5, 0.6) is 0 Å². The number of hydrogen-bond acceptors (Lipinski definition) is 4. The van der Waals surface area contributed by atoms with Crippen LogP contribution >= 0.6 is 0 Å². The average Bonchev–Trinajstić information content (AvgIpc) is 2.31. The zero-order valence-corrected chi connectivity index (χ0v) is 10.5. The summed E-state index contributed by atoms with van der Waals surface area (Å²) in [6.07, 6.45) is -1.08. The molecule has 5 atom stereocenters. The summed E-state index contributed by atoms with van der Waals surface area (Å²) in [6, 6.07) is 0. The van der Waals surface area contributed by atoms with Crippen LogP contribution < -0.4 is 5.32 Å². The van der Waals surface area contributed by atoms with Gasteiger partial charge in [0, 0.05) is 6.54 Å². The maximum absolute atomic E-state index is 11.8. The first-order valence-corrected chi connectivity index (χ1v) is 6.31. The van der Waals surface area contributed by atoms with Crippen molar-refractivity contribution >= 4 is 5.91 Å². The summed E-state index contributed by atoms with van der Waals surface area (Å²) in [7, 11) is 0. The Morgan fingerprint density at radius 1 is 1.24 bits per heavy atom. The Kier molecular flexibility index (Phi) is 5.36. The van der Waals surface area contributed by atoms with Crippen molar-refractivity contribution < 1.29 is 20.1 Å². The van der Waals surface area contributed by atoms with E-state index in [1.807, 2.05) is 6.92 Å². The van der Waals surface area contributed by atoms with Crippen LogP contribution in [0.4, 0.5) is 0 Å². The Labute approximate surface area is 102 Å². The molecule has 0 spiro atoms. The van der Waals surface area contributed by atoms with Crippen molar-refractivity contribution in [2.75, 3.05) is 6.54 Å². The van der Waals surface area contributed by atoms with Gasteiger partial charge < -0.3 is 20.6 Å². The molecule has 0 aliphatic heterocycles. The van der Waals surface area contributed by atoms with Crippen LogP contribution in [0.25, 0.3) is 0 Å². The topological polar surface area (TPSA) is 89.8 Å². The highest BCUT2D eigenvalue weighted by atomic mass is 16.4. The molecule has 0 aromatic rings. The van der Waals surface area contributed by atoms with E-state index in [9.17, 15) is 20.1 Å². The van der Waals surface area contributed by atoms with Gasteiger partial charge in [-0.3, -0.25) is 4.79 Å². The quantitative estimate of drug-likeness (QED) is 0.509. The molecular formula is C12H23NO4. The van der Waals surface area contributed by atoms with Gasteiger partial charge in [-0.2, -0.15) is 0 Å². The van der Waals surface area contributed by atoms with Gasteiger partial charge in [0.25, 0.3) is 0 Å². The van der Waals surface area contributed by atoms with Crippen LogP contribution in [0.2, 0.25) is 0 Å². The number of nitrogens with one attached hydrogen (secondary N) is 1. The molecule has 1 saturated carbocycles. The minimum absolute atomic E-state index is 0.185. The molecular weight excluding hydrogens is 222 g/mol. The predicted molar refractivity (Wildman–Crippen MR) is 63.2 cm³/mol. The first kappa shape index (κ1) is 14.4. The van der Waals surface area contributed by atoms with Gasteiger partial charge >= 0.3 is 0 Å². The van der Waals surface area contributed by atoms with E-state index >= 15 is 0 Å². The minimum atomic E-state index is -1.24. The van der Waals surface area contributed by atoms with E-state index in [0.717, 1.165) is 12.8 Å². The monoisotopic (exact) mass is 245 g/mol. The van der Waals surface area contributed by atoms with E-state index in [1.165, 1.54) is 0 Å². The Morgan fingerprint density at radius 2 is 1.88 bits per heavy atom. The molecule has 17 heavy (non-hydrogen) atoms. The van der Waals surface area contributed by atoms with Gasteiger partial charge in [0.05, 0.1) is 18.1 Å². The second-order valence-corrected chi connectivity index (χ2v) is 4.94. The number of aliphatic hydroxyl groups excluding tert-OH is 3. The molecule has 1 amide bonds. The van der Waals surface area contributed by atoms with Crippen LogP contribution in [0.3, 0.4) is 0 Å². The minimum Gasteiger partial charge on any atom is -0.390 e. The molecule has 5 heteroatoms. The molecule has 1 aliphatic carbocycles. The fourth-order valence-electron chi connectivity index (χ4n) is 2.24. The number of aliphatic hydroxyl groups is 3. The third kappa shape index (κ3) is 3.40. The van der Waals surface area contributed by atoms with Gasteiger partial charge in [0.2, 0.25) is 5.91 Å². The zero-order chi connectivity index (χ0) is 13.0. The molecule has 1 rings (SSSR count). The normalized spacial score (nSPS) is 37.8. The average molecular weight is 245 g/mol. The Balaban J connectivity index is 2.54. The van der Waals surface area contributed by atoms with E-state index < -0.39 is 24.2 Å². The summed E-state index contributed by atoms with van der Waals surface area (Å²) in [4.78, 5) is 11.8. The molecule has 100 valence electrons. The van der Waals surface area contributed by atoms with Crippen LogP contribution in [-0.4, -0.2) is 46.1 Å². The maximum atomic E-state index is 11.8. The fourth-order valence-corrected chi connectivity index (χ4v) is 2.24. The highest BCUT2D eigenvalue weighted by molar-refractivity contribution is 5.79. The summed E-state index contributed by atoms with van der Waals surface area (Å²) in [5, 5.41) is 31.7. The van der Waals surface area contributed by atoms with Crippen LogP contribution in [-0.2, 0) is 4.79 Å². The van der Waals surface area contributed by atoms with Gasteiger partial charge in [-0.05, 0) is 18.8 Å². The Morgan fingerprint density at radius 3 is 2.47 bits per heavy atom. The summed E-state index contributed by atoms with van der Waals surface area (Å²) >= 11 is 0. The van der Waals surface area contributed by atoms with Crippen molar-refractivity contribution in [2.24, 2.45) is 11.8 Å². The first-order valence-electron chi connectivity index (χ1n) is 6.31. The SMILES string of the molecule is CCCCNC(=O)C1C[C@H](C)[C@H](O)[C@@H](O)[C@H]1O. The number of unbranched alkanes of at least 4 members (excludes halogenated alkanes) is 1. The number of carbonyl (C=O) groups is 1. The smallest absolute Gasteiger partial charge is 0.225 e. The summed E-state index contributed by atoms with van der Waals surface area (Å²) in [6.45, 7) is 4.39. The van der Waals surface area contributed by atoms with Crippen LogP contribution in [0, 0.1) is 11.8 Å². The molecule has 4 N–H and O–H groups in total. The molecule has 0 bridgehead atoms. The summed E-state index contributed by atoms with van der Waals surface area (Å²) in [5.41, 5.74) is 0. The van der Waals surface area contributed by atoms with Crippen molar-refractivity contribution in [3.63, 3.8) is 0 Å². The van der Waals surface area contributed by atoms with Crippen LogP contribution in [0.1, 0.15) is 33.1 Å². The molecule has 0 radical (unpaired) electrons. The van der Waals surface area contributed by atoms with Crippen molar-refractivity contribution in [1.29, 1.82) is 0 Å². The molecule has 1 aliphatic rings. The molecule has 1 fully saturated rings. The highest BCUT2D eigenvalue weighted by Crippen LogP contribution is 2.30. The zero-order valence-electron chi connectivity index (χ0n) is 10.5. The van der Waals surface area contributed by atoms with Gasteiger partial charge in [0.1, 0.15) is 6.10 Å². The second kappa shape index (κ2) is 6.33. The first-order chi connectivity index (χ1) is 7.99.